The van der Waals surface area contributed by atoms with Crippen molar-refractivity contribution in [3.8, 4) is 23.3 Å². The van der Waals surface area contributed by atoms with Gasteiger partial charge in [0.15, 0.2) is 21.3 Å². The van der Waals surface area contributed by atoms with Crippen molar-refractivity contribution in [2.24, 2.45) is 5.73 Å². The van der Waals surface area contributed by atoms with Gasteiger partial charge in [-0.05, 0) is 42.0 Å². The van der Waals surface area contributed by atoms with E-state index in [1.807, 2.05) is 0 Å². The Morgan fingerprint density at radius 3 is 2.56 bits per heavy atom. The van der Waals surface area contributed by atoms with E-state index in [0.717, 1.165) is 0 Å². The topological polar surface area (TPSA) is 115 Å². The van der Waals surface area contributed by atoms with Gasteiger partial charge in [-0.1, -0.05) is 15.9 Å². The second-order valence-electron chi connectivity index (χ2n) is 7.48. The number of methoxy groups -OCH3 is 1. The number of halogens is 1. The average molecular weight is 516 g/mol. The van der Waals surface area contributed by atoms with E-state index in [1.54, 1.807) is 48.4 Å². The predicted octanol–water partition coefficient (Wildman–Crippen LogP) is 3.51. The van der Waals surface area contributed by atoms with Gasteiger partial charge >= 0.3 is 0 Å². The molecule has 10 heteroatoms. The van der Waals surface area contributed by atoms with E-state index in [4.69, 9.17) is 19.9 Å². The maximum atomic E-state index is 13.2. The second-order valence-corrected chi connectivity index (χ2v) is 10.4. The minimum Gasteiger partial charge on any atom is -0.497 e. The van der Waals surface area contributed by atoms with Crippen LogP contribution in [-0.4, -0.2) is 28.1 Å². The number of rotatable bonds is 3. The molecule has 164 valence electrons. The second kappa shape index (κ2) is 7.46. The Kier molecular flexibility index (Phi) is 4.83. The van der Waals surface area contributed by atoms with Crippen molar-refractivity contribution in [3.05, 3.63) is 68.4 Å². The zero-order valence-corrected chi connectivity index (χ0v) is 19.4. The molecule has 5 rings (SSSR count). The first-order chi connectivity index (χ1) is 15.4. The highest BCUT2D eigenvalue weighted by Gasteiger charge is 2.46. The molecule has 0 unspecified atom stereocenters. The Hall–Kier alpha value is -3.16. The lowest BCUT2D eigenvalue weighted by molar-refractivity contribution is 0.174. The van der Waals surface area contributed by atoms with Crippen LogP contribution in [0.3, 0.4) is 0 Å². The molecule has 0 saturated heterocycles. The predicted molar refractivity (Wildman–Crippen MR) is 121 cm³/mol. The summed E-state index contributed by atoms with van der Waals surface area (Å²) in [5.41, 5.74) is 8.49. The molecule has 2 N–H and O–H groups in total. The van der Waals surface area contributed by atoms with Crippen LogP contribution in [0.15, 0.2) is 62.9 Å². The summed E-state index contributed by atoms with van der Waals surface area (Å²) in [6, 6.07) is 12.7. The van der Waals surface area contributed by atoms with Crippen LogP contribution in [0.25, 0.3) is 0 Å². The number of fused-ring (bicyclic) bond motifs is 1. The number of allylic oxidation sites excluding steroid dienone is 3. The minimum atomic E-state index is -3.62. The third-order valence-electron chi connectivity index (χ3n) is 5.82. The molecular weight excluding hydrogens is 498 g/mol. The Balaban J connectivity index is 1.74. The van der Waals surface area contributed by atoms with Gasteiger partial charge in [-0.15, -0.1) is 0 Å². The van der Waals surface area contributed by atoms with Gasteiger partial charge in [0, 0.05) is 22.3 Å². The van der Waals surface area contributed by atoms with E-state index in [9.17, 15) is 13.7 Å². The lowest BCUT2D eigenvalue weighted by Crippen LogP contribution is -2.34. The number of nitrogens with zero attached hydrogens (tertiary/aromatic N) is 2. The van der Waals surface area contributed by atoms with Crippen LogP contribution in [0.1, 0.15) is 17.9 Å². The number of ether oxygens (including phenoxy) is 3. The SMILES string of the molecule is COc1ccc(N2C(N)=C(C#N)[C@H](c3cc4c(cc3Br)OCO4)C3=C2CCS3(=O)=O)cc1. The van der Waals surface area contributed by atoms with E-state index in [0.29, 0.717) is 45.1 Å². The van der Waals surface area contributed by atoms with E-state index in [-0.39, 0.29) is 28.8 Å². The molecule has 3 heterocycles. The average Bonchev–Trinajstić information content (AvgIpc) is 3.36. The quantitative estimate of drug-likeness (QED) is 0.659. The highest BCUT2D eigenvalue weighted by atomic mass is 79.9. The smallest absolute Gasteiger partial charge is 0.231 e. The maximum Gasteiger partial charge on any atom is 0.231 e. The Morgan fingerprint density at radius 2 is 1.91 bits per heavy atom. The van der Waals surface area contributed by atoms with Gasteiger partial charge in [0.1, 0.15) is 11.6 Å². The van der Waals surface area contributed by atoms with Crippen LogP contribution in [0.5, 0.6) is 17.2 Å². The molecule has 0 fully saturated rings. The van der Waals surface area contributed by atoms with E-state index in [2.05, 4.69) is 22.0 Å². The largest absolute Gasteiger partial charge is 0.497 e. The summed E-state index contributed by atoms with van der Waals surface area (Å²) in [6.45, 7) is 0.0798. The molecule has 0 aromatic heterocycles. The molecule has 0 spiro atoms. The number of nitriles is 1. The number of nitrogens with two attached hydrogens (primary N) is 1. The van der Waals surface area contributed by atoms with Crippen LogP contribution in [0, 0.1) is 11.3 Å². The van der Waals surface area contributed by atoms with E-state index >= 15 is 0 Å². The zero-order chi connectivity index (χ0) is 22.6. The summed E-state index contributed by atoms with van der Waals surface area (Å²) >= 11 is 3.52. The van der Waals surface area contributed by atoms with Crippen molar-refractivity contribution in [1.82, 2.24) is 0 Å². The fraction of sp³-hybridized carbons (Fsp3) is 0.227. The summed E-state index contributed by atoms with van der Waals surface area (Å²) in [7, 11) is -2.05. The van der Waals surface area contributed by atoms with Gasteiger partial charge in [-0.2, -0.15) is 5.26 Å². The third kappa shape index (κ3) is 3.04. The van der Waals surface area contributed by atoms with E-state index in [1.165, 1.54) is 0 Å². The molecule has 2 aromatic rings. The van der Waals surface area contributed by atoms with Gasteiger partial charge in [0.2, 0.25) is 6.79 Å². The number of sulfone groups is 1. The Labute approximate surface area is 193 Å². The number of hydrogen-bond donors (Lipinski definition) is 1. The van der Waals surface area contributed by atoms with Crippen molar-refractivity contribution in [2.45, 2.75) is 12.3 Å². The normalized spacial score (nSPS) is 20.9. The van der Waals surface area contributed by atoms with Crippen LogP contribution in [0.2, 0.25) is 0 Å². The molecular formula is C22H18BrN3O5S. The Bertz CT molecular complexity index is 1340. The summed E-state index contributed by atoms with van der Waals surface area (Å²) in [6.07, 6.45) is 0.293. The molecule has 3 aliphatic heterocycles. The van der Waals surface area contributed by atoms with Crippen LogP contribution >= 0.6 is 15.9 Å². The minimum absolute atomic E-state index is 0.0466. The highest BCUT2D eigenvalue weighted by molar-refractivity contribution is 9.10. The molecule has 0 aliphatic carbocycles. The molecule has 0 radical (unpaired) electrons. The first kappa shape index (κ1) is 20.7. The number of hydrogen-bond acceptors (Lipinski definition) is 8. The van der Waals surface area contributed by atoms with Gasteiger partial charge < -0.3 is 19.9 Å². The zero-order valence-electron chi connectivity index (χ0n) is 17.0. The van der Waals surface area contributed by atoms with Gasteiger partial charge in [0.05, 0.1) is 35.3 Å². The van der Waals surface area contributed by atoms with Gasteiger partial charge in [-0.3, -0.25) is 4.90 Å². The monoisotopic (exact) mass is 515 g/mol. The molecule has 0 saturated carbocycles. The first-order valence-corrected chi connectivity index (χ1v) is 12.2. The molecule has 3 aliphatic rings. The van der Waals surface area contributed by atoms with Crippen LogP contribution in [0.4, 0.5) is 5.69 Å². The molecule has 1 atom stereocenters. The molecule has 32 heavy (non-hydrogen) atoms. The van der Waals surface area contributed by atoms with Gasteiger partial charge in [0.25, 0.3) is 0 Å². The summed E-state index contributed by atoms with van der Waals surface area (Å²) in [4.78, 5) is 1.86. The van der Waals surface area contributed by atoms with Crippen LogP contribution in [-0.2, 0) is 9.84 Å². The lowest BCUT2D eigenvalue weighted by Gasteiger charge is -2.35. The fourth-order valence-electron chi connectivity index (χ4n) is 4.36. The number of anilines is 1. The van der Waals surface area contributed by atoms with E-state index < -0.39 is 15.8 Å². The highest BCUT2D eigenvalue weighted by Crippen LogP contribution is 2.51. The molecule has 0 amide bonds. The first-order valence-electron chi connectivity index (χ1n) is 9.74. The van der Waals surface area contributed by atoms with Crippen molar-refractivity contribution < 1.29 is 22.6 Å². The fourth-order valence-corrected chi connectivity index (χ4v) is 6.75. The maximum absolute atomic E-state index is 13.2. The van der Waals surface area contributed by atoms with Crippen molar-refractivity contribution in [1.29, 1.82) is 5.26 Å². The molecule has 8 nitrogen and oxygen atoms in total. The number of benzene rings is 2. The Morgan fingerprint density at radius 1 is 1.22 bits per heavy atom. The lowest BCUT2D eigenvalue weighted by atomic mass is 9.87. The summed E-state index contributed by atoms with van der Waals surface area (Å²) in [5.74, 6) is 1.01. The van der Waals surface area contributed by atoms with Crippen molar-refractivity contribution in [3.63, 3.8) is 0 Å². The molecule has 0 bridgehead atoms. The third-order valence-corrected chi connectivity index (χ3v) is 8.39. The summed E-state index contributed by atoms with van der Waals surface area (Å²) in [5, 5.41) is 10.1. The standard InChI is InChI=1S/C22H18BrN3O5S/c1-29-13-4-2-12(3-5-13)26-17-6-7-32(27,28)21(17)20(15(10-24)22(26)25)14-8-18-19(9-16(14)23)31-11-30-18/h2-5,8-9,20H,6-7,11,25H2,1H3/t20-/m0/s1. The van der Waals surface area contributed by atoms with Crippen molar-refractivity contribution in [2.75, 3.05) is 24.6 Å². The van der Waals surface area contributed by atoms with Gasteiger partial charge in [-0.25, -0.2) is 8.42 Å². The van der Waals surface area contributed by atoms with Crippen molar-refractivity contribution >= 4 is 31.5 Å². The van der Waals surface area contributed by atoms with Crippen LogP contribution < -0.4 is 24.8 Å². The summed E-state index contributed by atoms with van der Waals surface area (Å²) < 4.78 is 43.2. The molecule has 2 aromatic carbocycles.